The van der Waals surface area contributed by atoms with Gasteiger partial charge in [-0.2, -0.15) is 0 Å². The minimum absolute atomic E-state index is 0.169. The van der Waals surface area contributed by atoms with Crippen LogP contribution in [-0.2, 0) is 4.79 Å². The number of aromatic nitrogens is 4. The number of hydrogen-bond acceptors (Lipinski definition) is 6. The van der Waals surface area contributed by atoms with E-state index in [4.69, 9.17) is 9.84 Å². The van der Waals surface area contributed by atoms with Crippen LogP contribution in [0.2, 0.25) is 0 Å². The van der Waals surface area contributed by atoms with Crippen molar-refractivity contribution in [3.63, 3.8) is 0 Å². The molecule has 1 atom stereocenters. The van der Waals surface area contributed by atoms with Crippen LogP contribution < -0.4 is 9.64 Å². The molecule has 0 unspecified atom stereocenters. The Morgan fingerprint density at radius 1 is 1.33 bits per heavy atom. The summed E-state index contributed by atoms with van der Waals surface area (Å²) < 4.78 is 6.04. The number of carboxylic acid groups (broad SMARTS) is 1. The van der Waals surface area contributed by atoms with Crippen molar-refractivity contribution < 1.29 is 14.6 Å². The second-order valence-electron chi connectivity index (χ2n) is 6.31. The van der Waals surface area contributed by atoms with Crippen LogP contribution in [0.1, 0.15) is 18.4 Å². The first-order valence-corrected chi connectivity index (χ1v) is 8.76. The second kappa shape index (κ2) is 7.45. The molecular weight excluding hydrogens is 346 g/mol. The zero-order chi connectivity index (χ0) is 18.6. The average Bonchev–Trinajstić information content (AvgIpc) is 3.34. The molecule has 0 radical (unpaired) electrons. The number of imidazole rings is 1. The summed E-state index contributed by atoms with van der Waals surface area (Å²) >= 11 is 0. The lowest BCUT2D eigenvalue weighted by atomic mass is 10.2. The van der Waals surface area contributed by atoms with Crippen molar-refractivity contribution in [2.75, 3.05) is 18.1 Å². The molecule has 1 aliphatic heterocycles. The van der Waals surface area contributed by atoms with E-state index in [1.54, 1.807) is 12.4 Å². The van der Waals surface area contributed by atoms with Crippen molar-refractivity contribution in [1.82, 2.24) is 19.9 Å². The van der Waals surface area contributed by atoms with E-state index in [1.165, 1.54) is 6.33 Å². The van der Waals surface area contributed by atoms with E-state index in [9.17, 15) is 4.79 Å². The number of nitrogens with zero attached hydrogens (tertiary/aromatic N) is 4. The number of H-pyrrole nitrogens is 1. The number of carbonyl (C=O) groups is 1. The Bertz CT molecular complexity index is 984. The highest BCUT2D eigenvalue weighted by Gasteiger charge is 2.28. The highest BCUT2D eigenvalue weighted by Crippen LogP contribution is 2.29. The number of rotatable bonds is 6. The molecular formula is C19H19N5O3. The molecule has 2 aromatic heterocycles. The van der Waals surface area contributed by atoms with Crippen LogP contribution in [0.3, 0.4) is 0 Å². The summed E-state index contributed by atoms with van der Waals surface area (Å²) in [4.78, 5) is 28.9. The Labute approximate surface area is 155 Å². The van der Waals surface area contributed by atoms with Gasteiger partial charge in [-0.25, -0.2) is 19.7 Å². The van der Waals surface area contributed by atoms with Gasteiger partial charge < -0.3 is 19.7 Å². The topological polar surface area (TPSA) is 104 Å². The maximum Gasteiger partial charge on any atom is 0.328 e. The van der Waals surface area contributed by atoms with E-state index in [1.807, 2.05) is 24.3 Å². The maximum absolute atomic E-state index is 10.8. The lowest BCUT2D eigenvalue weighted by molar-refractivity contribution is -0.131. The third-order valence-corrected chi connectivity index (χ3v) is 4.61. The number of benzene rings is 1. The molecule has 0 bridgehead atoms. The van der Waals surface area contributed by atoms with E-state index in [0.717, 1.165) is 42.4 Å². The molecule has 2 N–H and O–H groups in total. The van der Waals surface area contributed by atoms with Gasteiger partial charge in [0.1, 0.15) is 24.2 Å². The minimum Gasteiger partial charge on any atom is -0.491 e. The molecule has 8 heteroatoms. The Morgan fingerprint density at radius 2 is 2.22 bits per heavy atom. The number of ether oxygens (including phenoxy) is 1. The SMILES string of the molecule is O=C(O)C=Cc1ccccc1OC[C@H]1CCCN1c1ncnc2nc[nH]c12. The molecule has 0 amide bonds. The van der Waals surface area contributed by atoms with Gasteiger partial charge in [0.25, 0.3) is 0 Å². The summed E-state index contributed by atoms with van der Waals surface area (Å²) in [6, 6.07) is 7.57. The fourth-order valence-corrected chi connectivity index (χ4v) is 3.35. The molecule has 3 heterocycles. The Hall–Kier alpha value is -3.42. The zero-order valence-electron chi connectivity index (χ0n) is 14.6. The predicted molar refractivity (Wildman–Crippen MR) is 101 cm³/mol. The number of fused-ring (bicyclic) bond motifs is 1. The van der Waals surface area contributed by atoms with Crippen molar-refractivity contribution in [2.24, 2.45) is 0 Å². The summed E-state index contributed by atoms with van der Waals surface area (Å²) in [5.74, 6) is 0.512. The van der Waals surface area contributed by atoms with Gasteiger partial charge in [0.05, 0.1) is 12.4 Å². The van der Waals surface area contributed by atoms with E-state index < -0.39 is 5.97 Å². The van der Waals surface area contributed by atoms with Crippen LogP contribution >= 0.6 is 0 Å². The highest BCUT2D eigenvalue weighted by atomic mass is 16.5. The number of para-hydroxylation sites is 1. The molecule has 0 spiro atoms. The van der Waals surface area contributed by atoms with E-state index in [2.05, 4.69) is 24.8 Å². The van der Waals surface area contributed by atoms with Crippen LogP contribution in [0.15, 0.2) is 43.0 Å². The van der Waals surface area contributed by atoms with Crippen molar-refractivity contribution in [3.8, 4) is 5.75 Å². The van der Waals surface area contributed by atoms with Crippen LogP contribution in [0.5, 0.6) is 5.75 Å². The van der Waals surface area contributed by atoms with Crippen LogP contribution in [-0.4, -0.2) is 50.2 Å². The molecule has 1 fully saturated rings. The zero-order valence-corrected chi connectivity index (χ0v) is 14.6. The lowest BCUT2D eigenvalue weighted by Gasteiger charge is -2.26. The first-order chi connectivity index (χ1) is 13.2. The Kier molecular flexibility index (Phi) is 4.69. The number of nitrogens with one attached hydrogen (secondary N) is 1. The average molecular weight is 365 g/mol. The predicted octanol–water partition coefficient (Wildman–Crippen LogP) is 2.50. The summed E-state index contributed by atoms with van der Waals surface area (Å²) in [5, 5.41) is 8.84. The van der Waals surface area contributed by atoms with Crippen molar-refractivity contribution in [2.45, 2.75) is 18.9 Å². The van der Waals surface area contributed by atoms with Gasteiger partial charge in [-0.15, -0.1) is 0 Å². The normalized spacial score (nSPS) is 17.0. The van der Waals surface area contributed by atoms with Gasteiger partial charge in [0, 0.05) is 18.2 Å². The molecule has 1 aliphatic rings. The second-order valence-corrected chi connectivity index (χ2v) is 6.31. The minimum atomic E-state index is -0.987. The van der Waals surface area contributed by atoms with Crippen LogP contribution in [0.25, 0.3) is 17.2 Å². The van der Waals surface area contributed by atoms with Gasteiger partial charge in [0.2, 0.25) is 0 Å². The van der Waals surface area contributed by atoms with E-state index in [0.29, 0.717) is 18.0 Å². The fraction of sp³-hybridized carbons (Fsp3) is 0.263. The largest absolute Gasteiger partial charge is 0.491 e. The number of hydrogen-bond donors (Lipinski definition) is 2. The molecule has 138 valence electrons. The maximum atomic E-state index is 10.8. The molecule has 8 nitrogen and oxygen atoms in total. The highest BCUT2D eigenvalue weighted by molar-refractivity contribution is 5.86. The smallest absolute Gasteiger partial charge is 0.328 e. The third kappa shape index (κ3) is 3.59. The molecule has 4 rings (SSSR count). The van der Waals surface area contributed by atoms with Gasteiger partial charge in [-0.1, -0.05) is 18.2 Å². The van der Waals surface area contributed by atoms with Crippen LogP contribution in [0.4, 0.5) is 5.82 Å². The molecule has 0 saturated carbocycles. The fourth-order valence-electron chi connectivity index (χ4n) is 3.35. The van der Waals surface area contributed by atoms with Gasteiger partial charge >= 0.3 is 5.97 Å². The first-order valence-electron chi connectivity index (χ1n) is 8.76. The van der Waals surface area contributed by atoms with E-state index in [-0.39, 0.29) is 6.04 Å². The van der Waals surface area contributed by atoms with Gasteiger partial charge in [0.15, 0.2) is 11.5 Å². The monoisotopic (exact) mass is 365 g/mol. The third-order valence-electron chi connectivity index (χ3n) is 4.61. The summed E-state index contributed by atoms with van der Waals surface area (Å²) in [5.41, 5.74) is 2.22. The van der Waals surface area contributed by atoms with Crippen LogP contribution in [0, 0.1) is 0 Å². The standard InChI is InChI=1S/C19H19N5O3/c25-16(26)8-7-13-4-1-2-6-15(13)27-10-14-5-3-9-24(14)19-17-18(21-11-20-17)22-12-23-19/h1-2,4,6-8,11-12,14H,3,5,9-10H2,(H,25,26)(H,20,21,22,23)/t14-/m1/s1. The van der Waals surface area contributed by atoms with Crippen molar-refractivity contribution in [3.05, 3.63) is 48.6 Å². The first kappa shape index (κ1) is 17.0. The van der Waals surface area contributed by atoms with Gasteiger partial charge in [-0.3, -0.25) is 0 Å². The Balaban J connectivity index is 1.52. The number of aromatic amines is 1. The van der Waals surface area contributed by atoms with Crippen molar-refractivity contribution >= 4 is 29.0 Å². The molecule has 0 aliphatic carbocycles. The number of anilines is 1. The summed E-state index contributed by atoms with van der Waals surface area (Å²) in [6.45, 7) is 1.37. The molecule has 3 aromatic rings. The Morgan fingerprint density at radius 3 is 3.11 bits per heavy atom. The molecule has 27 heavy (non-hydrogen) atoms. The lowest BCUT2D eigenvalue weighted by Crippen LogP contribution is -2.35. The molecule has 1 aromatic carbocycles. The van der Waals surface area contributed by atoms with E-state index >= 15 is 0 Å². The van der Waals surface area contributed by atoms with Crippen molar-refractivity contribution in [1.29, 1.82) is 0 Å². The summed E-state index contributed by atoms with van der Waals surface area (Å²) in [6.07, 6.45) is 7.85. The number of carboxylic acids is 1. The number of aliphatic carboxylic acids is 1. The molecule has 1 saturated heterocycles. The van der Waals surface area contributed by atoms with Gasteiger partial charge in [-0.05, 0) is 25.0 Å². The summed E-state index contributed by atoms with van der Waals surface area (Å²) in [7, 11) is 0. The quantitative estimate of drug-likeness (QED) is 0.647.